The van der Waals surface area contributed by atoms with Crippen LogP contribution in [-0.4, -0.2) is 32.1 Å². The Bertz CT molecular complexity index is 823. The van der Waals surface area contributed by atoms with Crippen LogP contribution in [0.4, 0.5) is 10.1 Å². The largest absolute Gasteiger partial charge is 0.493 e. The number of carbonyl (C=O) groups is 2. The molecule has 2 rings (SSSR count). The zero-order chi connectivity index (χ0) is 20.0. The van der Waals surface area contributed by atoms with Crippen LogP contribution in [-0.2, 0) is 4.79 Å². The lowest BCUT2D eigenvalue weighted by Crippen LogP contribution is -2.47. The number of anilines is 1. The first-order valence-corrected chi connectivity index (χ1v) is 8.45. The third-order valence-corrected chi connectivity index (χ3v) is 4.01. The Morgan fingerprint density at radius 1 is 1.00 bits per heavy atom. The summed E-state index contributed by atoms with van der Waals surface area (Å²) < 4.78 is 24.2. The van der Waals surface area contributed by atoms with Gasteiger partial charge >= 0.3 is 0 Å². The maximum absolute atomic E-state index is 13.8. The van der Waals surface area contributed by atoms with Crippen LogP contribution in [0.15, 0.2) is 42.5 Å². The summed E-state index contributed by atoms with van der Waals surface area (Å²) in [5, 5.41) is 5.34. The van der Waals surface area contributed by atoms with Gasteiger partial charge in [0.05, 0.1) is 19.8 Å². The second kappa shape index (κ2) is 9.02. The van der Waals surface area contributed by atoms with E-state index in [0.717, 1.165) is 0 Å². The highest BCUT2D eigenvalue weighted by molar-refractivity contribution is 6.01. The molecule has 2 N–H and O–H groups in total. The van der Waals surface area contributed by atoms with Crippen molar-refractivity contribution < 1.29 is 23.5 Å². The molecule has 1 atom stereocenters. The predicted octanol–water partition coefficient (Wildman–Crippen LogP) is 3.24. The van der Waals surface area contributed by atoms with Crippen LogP contribution >= 0.6 is 0 Å². The molecule has 2 amide bonds. The molecule has 2 aromatic rings. The molecule has 27 heavy (non-hydrogen) atoms. The topological polar surface area (TPSA) is 76.7 Å². The maximum Gasteiger partial charge on any atom is 0.254 e. The van der Waals surface area contributed by atoms with Crippen molar-refractivity contribution in [1.29, 1.82) is 0 Å². The zero-order valence-electron chi connectivity index (χ0n) is 15.7. The molecular weight excluding hydrogens is 351 g/mol. The highest BCUT2D eigenvalue weighted by Gasteiger charge is 2.26. The third-order valence-electron chi connectivity index (χ3n) is 4.01. The van der Waals surface area contributed by atoms with Crippen molar-refractivity contribution >= 4 is 17.5 Å². The van der Waals surface area contributed by atoms with Gasteiger partial charge in [0.1, 0.15) is 11.9 Å². The number of amides is 2. The SMILES string of the molecule is COc1ccc(NC(=O)[C@H](NC(=O)c2ccccc2F)C(C)C)cc1OC. The number of hydrogen-bond donors (Lipinski definition) is 2. The number of nitrogens with one attached hydrogen (secondary N) is 2. The Labute approximate surface area is 157 Å². The van der Waals surface area contributed by atoms with Gasteiger partial charge in [0.2, 0.25) is 5.91 Å². The van der Waals surface area contributed by atoms with Crippen molar-refractivity contribution in [3.63, 3.8) is 0 Å². The van der Waals surface area contributed by atoms with Crippen LogP contribution in [0.5, 0.6) is 11.5 Å². The van der Waals surface area contributed by atoms with Crippen LogP contribution in [0.2, 0.25) is 0 Å². The molecule has 0 aromatic heterocycles. The quantitative estimate of drug-likeness (QED) is 0.780. The normalized spacial score (nSPS) is 11.6. The van der Waals surface area contributed by atoms with Crippen molar-refractivity contribution in [2.24, 2.45) is 5.92 Å². The number of carbonyl (C=O) groups excluding carboxylic acids is 2. The minimum atomic E-state index is -0.842. The molecule has 144 valence electrons. The molecular formula is C20H23FN2O4. The Morgan fingerprint density at radius 2 is 1.67 bits per heavy atom. The van der Waals surface area contributed by atoms with Gasteiger partial charge < -0.3 is 20.1 Å². The Kier molecular flexibility index (Phi) is 6.76. The van der Waals surface area contributed by atoms with E-state index >= 15 is 0 Å². The summed E-state index contributed by atoms with van der Waals surface area (Å²) in [5.74, 6) is -0.912. The molecule has 6 nitrogen and oxygen atoms in total. The molecule has 0 bridgehead atoms. The van der Waals surface area contributed by atoms with Gasteiger partial charge in [0.15, 0.2) is 11.5 Å². The smallest absolute Gasteiger partial charge is 0.254 e. The number of rotatable bonds is 7. The lowest BCUT2D eigenvalue weighted by atomic mass is 10.0. The lowest BCUT2D eigenvalue weighted by molar-refractivity contribution is -0.118. The predicted molar refractivity (Wildman–Crippen MR) is 101 cm³/mol. The average Bonchev–Trinajstić information content (AvgIpc) is 2.65. The van der Waals surface area contributed by atoms with Gasteiger partial charge in [-0.05, 0) is 30.2 Å². The summed E-state index contributed by atoms with van der Waals surface area (Å²) in [6.07, 6.45) is 0. The van der Waals surface area contributed by atoms with Crippen molar-refractivity contribution in [2.75, 3.05) is 19.5 Å². The van der Waals surface area contributed by atoms with E-state index in [1.807, 2.05) is 0 Å². The minimum absolute atomic E-state index is 0.109. The van der Waals surface area contributed by atoms with Crippen LogP contribution in [0, 0.1) is 11.7 Å². The highest BCUT2D eigenvalue weighted by atomic mass is 19.1. The second-order valence-electron chi connectivity index (χ2n) is 6.23. The molecule has 0 heterocycles. The molecule has 0 fully saturated rings. The Morgan fingerprint density at radius 3 is 2.26 bits per heavy atom. The van der Waals surface area contributed by atoms with Crippen molar-refractivity contribution in [2.45, 2.75) is 19.9 Å². The van der Waals surface area contributed by atoms with E-state index in [-0.39, 0.29) is 11.5 Å². The highest BCUT2D eigenvalue weighted by Crippen LogP contribution is 2.29. The third kappa shape index (κ3) is 4.97. The van der Waals surface area contributed by atoms with E-state index in [1.54, 1.807) is 38.1 Å². The number of halogens is 1. The first kappa shape index (κ1) is 20.2. The van der Waals surface area contributed by atoms with Gasteiger partial charge in [-0.1, -0.05) is 26.0 Å². The molecule has 2 aromatic carbocycles. The maximum atomic E-state index is 13.8. The number of benzene rings is 2. The van der Waals surface area contributed by atoms with Gasteiger partial charge in [-0.2, -0.15) is 0 Å². The first-order valence-electron chi connectivity index (χ1n) is 8.45. The fraction of sp³-hybridized carbons (Fsp3) is 0.300. The molecule has 0 aliphatic heterocycles. The monoisotopic (exact) mass is 374 g/mol. The van der Waals surface area contributed by atoms with Gasteiger partial charge in [0.25, 0.3) is 5.91 Å². The van der Waals surface area contributed by atoms with E-state index in [0.29, 0.717) is 17.2 Å². The summed E-state index contributed by atoms with van der Waals surface area (Å²) in [6.45, 7) is 3.58. The zero-order valence-corrected chi connectivity index (χ0v) is 15.7. The number of ether oxygens (including phenoxy) is 2. The fourth-order valence-electron chi connectivity index (χ4n) is 2.53. The lowest BCUT2D eigenvalue weighted by Gasteiger charge is -2.22. The van der Waals surface area contributed by atoms with Crippen molar-refractivity contribution in [3.05, 3.63) is 53.8 Å². The van der Waals surface area contributed by atoms with Crippen LogP contribution in [0.25, 0.3) is 0 Å². The molecule has 0 aliphatic rings. The number of methoxy groups -OCH3 is 2. The summed E-state index contributed by atoms with van der Waals surface area (Å²) >= 11 is 0. The summed E-state index contributed by atoms with van der Waals surface area (Å²) in [5.41, 5.74) is 0.380. The average molecular weight is 374 g/mol. The first-order chi connectivity index (χ1) is 12.9. The molecule has 0 saturated carbocycles. The van der Waals surface area contributed by atoms with Gasteiger partial charge in [-0.25, -0.2) is 4.39 Å². The van der Waals surface area contributed by atoms with Crippen LogP contribution < -0.4 is 20.1 Å². The van der Waals surface area contributed by atoms with E-state index in [9.17, 15) is 14.0 Å². The summed E-state index contributed by atoms with van der Waals surface area (Å²) in [7, 11) is 3.01. The Hall–Kier alpha value is -3.09. The standard InChI is InChI=1S/C20H23FN2O4/c1-12(2)18(23-19(24)14-7-5-6-8-15(14)21)20(25)22-13-9-10-16(26-3)17(11-13)27-4/h5-12,18H,1-4H3,(H,22,25)(H,23,24)/t18-/m1/s1. The van der Waals surface area contributed by atoms with E-state index < -0.39 is 23.7 Å². The van der Waals surface area contributed by atoms with E-state index in [4.69, 9.17) is 9.47 Å². The second-order valence-corrected chi connectivity index (χ2v) is 6.23. The minimum Gasteiger partial charge on any atom is -0.493 e. The van der Waals surface area contributed by atoms with Gasteiger partial charge in [-0.3, -0.25) is 9.59 Å². The van der Waals surface area contributed by atoms with E-state index in [1.165, 1.54) is 32.4 Å². The van der Waals surface area contributed by atoms with E-state index in [2.05, 4.69) is 10.6 Å². The van der Waals surface area contributed by atoms with Gasteiger partial charge in [0, 0.05) is 11.8 Å². The number of hydrogen-bond acceptors (Lipinski definition) is 4. The van der Waals surface area contributed by atoms with Crippen LogP contribution in [0.3, 0.4) is 0 Å². The van der Waals surface area contributed by atoms with Gasteiger partial charge in [-0.15, -0.1) is 0 Å². The molecule has 0 aliphatic carbocycles. The van der Waals surface area contributed by atoms with Crippen LogP contribution in [0.1, 0.15) is 24.2 Å². The molecule has 0 radical (unpaired) electrons. The Balaban J connectivity index is 2.16. The molecule has 0 saturated heterocycles. The van der Waals surface area contributed by atoms with Crippen molar-refractivity contribution in [3.8, 4) is 11.5 Å². The molecule has 0 unspecified atom stereocenters. The fourth-order valence-corrected chi connectivity index (χ4v) is 2.53. The summed E-state index contributed by atoms with van der Waals surface area (Å²) in [6, 6.07) is 9.73. The molecule has 7 heteroatoms. The molecule has 0 spiro atoms. The summed E-state index contributed by atoms with van der Waals surface area (Å²) in [4.78, 5) is 25.0. The van der Waals surface area contributed by atoms with Crippen molar-refractivity contribution in [1.82, 2.24) is 5.32 Å².